The fourth-order valence-electron chi connectivity index (χ4n) is 2.62. The summed E-state index contributed by atoms with van der Waals surface area (Å²) in [4.78, 5) is 22.7. The molecule has 0 bridgehead atoms. The summed E-state index contributed by atoms with van der Waals surface area (Å²) in [6.07, 6.45) is -11.4. The number of rotatable bonds is 11. The number of carbonyl (C=O) groups excluding carboxylic acids is 2. The molecule has 0 aromatic carbocycles. The minimum atomic E-state index is -8.66. The summed E-state index contributed by atoms with van der Waals surface area (Å²) in [5.41, 5.74) is 0. The standard InChI is InChI=1S/C16H10F17NO2/c17-9(18,5-1-2-6-34-7(35)3-4-8(34)36)10(19,20)11(21,22)12(23,24)13(25,26)14(27,28)15(29,30)16(31,32)33/h3-4H,1-2,5-6H2. The maximum Gasteiger partial charge on any atom is 0.460 e. The first-order valence-corrected chi connectivity index (χ1v) is 8.90. The summed E-state index contributed by atoms with van der Waals surface area (Å²) in [5, 5.41) is 0. The molecule has 1 heterocycles. The first kappa shape index (κ1) is 31.7. The van der Waals surface area contributed by atoms with E-state index < -0.39 is 85.3 Å². The summed E-state index contributed by atoms with van der Waals surface area (Å²) >= 11 is 0. The molecule has 0 unspecified atom stereocenters. The number of carbonyl (C=O) groups is 2. The van der Waals surface area contributed by atoms with Crippen LogP contribution in [0.2, 0.25) is 0 Å². The van der Waals surface area contributed by atoms with Gasteiger partial charge in [0, 0.05) is 25.1 Å². The van der Waals surface area contributed by atoms with Crippen LogP contribution in [0.25, 0.3) is 0 Å². The number of amides is 2. The van der Waals surface area contributed by atoms with Gasteiger partial charge in [0.1, 0.15) is 0 Å². The molecular formula is C16H10F17NO2. The highest BCUT2D eigenvalue weighted by molar-refractivity contribution is 6.12. The monoisotopic (exact) mass is 571 g/mol. The van der Waals surface area contributed by atoms with Gasteiger partial charge in [0.05, 0.1) is 0 Å². The zero-order valence-corrected chi connectivity index (χ0v) is 16.7. The van der Waals surface area contributed by atoms with Gasteiger partial charge in [0.2, 0.25) is 0 Å². The zero-order valence-electron chi connectivity index (χ0n) is 16.7. The van der Waals surface area contributed by atoms with Gasteiger partial charge >= 0.3 is 47.6 Å². The van der Waals surface area contributed by atoms with Gasteiger partial charge < -0.3 is 0 Å². The average molecular weight is 571 g/mol. The summed E-state index contributed by atoms with van der Waals surface area (Å²) in [6, 6.07) is 0. The van der Waals surface area contributed by atoms with Gasteiger partial charge in [-0.25, -0.2) is 0 Å². The Hall–Kier alpha value is -2.31. The summed E-state index contributed by atoms with van der Waals surface area (Å²) in [7, 11) is 0. The van der Waals surface area contributed by atoms with Crippen LogP contribution in [0, 0.1) is 0 Å². The molecule has 1 aliphatic rings. The van der Waals surface area contributed by atoms with Crippen LogP contribution in [0.15, 0.2) is 12.2 Å². The first-order chi connectivity index (χ1) is 15.6. The van der Waals surface area contributed by atoms with Crippen LogP contribution in [0.1, 0.15) is 19.3 Å². The van der Waals surface area contributed by atoms with E-state index in [9.17, 15) is 84.2 Å². The van der Waals surface area contributed by atoms with E-state index in [0.717, 1.165) is 0 Å². The second-order valence-electron chi connectivity index (χ2n) is 7.27. The molecule has 0 aromatic rings. The lowest BCUT2D eigenvalue weighted by molar-refractivity contribution is -0.461. The highest BCUT2D eigenvalue weighted by Gasteiger charge is 2.95. The number of imide groups is 1. The molecule has 0 aromatic heterocycles. The molecule has 0 saturated heterocycles. The lowest BCUT2D eigenvalue weighted by Crippen LogP contribution is -2.74. The van der Waals surface area contributed by atoms with Crippen molar-refractivity contribution in [3.63, 3.8) is 0 Å². The molecule has 0 radical (unpaired) electrons. The highest BCUT2D eigenvalue weighted by Crippen LogP contribution is 2.64. The van der Waals surface area contributed by atoms with Gasteiger partial charge in [-0.05, 0) is 12.8 Å². The normalized spacial score (nSPS) is 17.4. The van der Waals surface area contributed by atoms with Crippen LogP contribution < -0.4 is 0 Å². The Bertz CT molecular complexity index is 872. The Balaban J connectivity index is 3.23. The summed E-state index contributed by atoms with van der Waals surface area (Å²) in [5.74, 6) is -58.6. The van der Waals surface area contributed by atoms with Crippen LogP contribution in [0.5, 0.6) is 0 Å². The predicted octanol–water partition coefficient (Wildman–Crippen LogP) is 6.09. The maximum atomic E-state index is 13.7. The fourth-order valence-corrected chi connectivity index (χ4v) is 2.62. The second-order valence-corrected chi connectivity index (χ2v) is 7.27. The summed E-state index contributed by atoms with van der Waals surface area (Å²) in [6.45, 7) is -0.810. The van der Waals surface area contributed by atoms with Crippen LogP contribution in [-0.2, 0) is 9.59 Å². The molecule has 0 saturated carbocycles. The second kappa shape index (κ2) is 8.91. The number of alkyl halides is 17. The van der Waals surface area contributed by atoms with E-state index in [0.29, 0.717) is 17.1 Å². The molecule has 210 valence electrons. The molecular weight excluding hydrogens is 561 g/mol. The molecule has 1 aliphatic heterocycles. The van der Waals surface area contributed by atoms with E-state index in [4.69, 9.17) is 0 Å². The van der Waals surface area contributed by atoms with Gasteiger partial charge in [-0.15, -0.1) is 0 Å². The Kier molecular flexibility index (Phi) is 7.85. The molecule has 36 heavy (non-hydrogen) atoms. The fraction of sp³-hybridized carbons (Fsp3) is 0.750. The molecule has 0 atom stereocenters. The number of unbranched alkanes of at least 4 members (excludes halogenated alkanes) is 1. The Morgan fingerprint density at radius 2 is 0.833 bits per heavy atom. The van der Waals surface area contributed by atoms with Crippen molar-refractivity contribution in [1.29, 1.82) is 0 Å². The van der Waals surface area contributed by atoms with Gasteiger partial charge in [0.25, 0.3) is 11.8 Å². The van der Waals surface area contributed by atoms with Crippen molar-refractivity contribution in [3.8, 4) is 0 Å². The zero-order chi connectivity index (χ0) is 29.0. The van der Waals surface area contributed by atoms with E-state index in [1.165, 1.54) is 0 Å². The Morgan fingerprint density at radius 3 is 1.19 bits per heavy atom. The molecule has 0 fully saturated rings. The van der Waals surface area contributed by atoms with E-state index in [-0.39, 0.29) is 0 Å². The first-order valence-electron chi connectivity index (χ1n) is 8.90. The van der Waals surface area contributed by atoms with Gasteiger partial charge in [-0.1, -0.05) is 0 Å². The lowest BCUT2D eigenvalue weighted by atomic mass is 9.88. The van der Waals surface area contributed by atoms with Crippen LogP contribution in [-0.4, -0.2) is 70.9 Å². The van der Waals surface area contributed by atoms with Crippen molar-refractivity contribution >= 4 is 11.8 Å². The number of hydrogen-bond acceptors (Lipinski definition) is 2. The van der Waals surface area contributed by atoms with Crippen LogP contribution >= 0.6 is 0 Å². The largest absolute Gasteiger partial charge is 0.460 e. The van der Waals surface area contributed by atoms with Crippen LogP contribution in [0.4, 0.5) is 74.6 Å². The quantitative estimate of drug-likeness (QED) is 0.171. The van der Waals surface area contributed by atoms with Crippen molar-refractivity contribution in [2.45, 2.75) is 66.9 Å². The predicted molar refractivity (Wildman–Crippen MR) is 80.4 cm³/mol. The lowest BCUT2D eigenvalue weighted by Gasteiger charge is -2.42. The van der Waals surface area contributed by atoms with Gasteiger partial charge in [-0.3, -0.25) is 14.5 Å². The highest BCUT2D eigenvalue weighted by atomic mass is 19.4. The molecule has 0 aliphatic carbocycles. The van der Waals surface area contributed by atoms with Gasteiger partial charge in [-0.2, -0.15) is 74.6 Å². The van der Waals surface area contributed by atoms with E-state index in [1.54, 1.807) is 0 Å². The van der Waals surface area contributed by atoms with Gasteiger partial charge in [0.15, 0.2) is 0 Å². The average Bonchev–Trinajstić information content (AvgIpc) is 3.01. The third kappa shape index (κ3) is 4.47. The molecule has 0 N–H and O–H groups in total. The van der Waals surface area contributed by atoms with Crippen molar-refractivity contribution in [2.24, 2.45) is 0 Å². The topological polar surface area (TPSA) is 37.4 Å². The Morgan fingerprint density at radius 1 is 0.500 bits per heavy atom. The minimum absolute atomic E-state index is 0.322. The Labute approximate surface area is 187 Å². The third-order valence-electron chi connectivity index (χ3n) is 4.81. The van der Waals surface area contributed by atoms with Crippen molar-refractivity contribution in [2.75, 3.05) is 6.54 Å². The SMILES string of the molecule is O=C1C=CC(=O)N1CCCCC(F)(F)C(F)(F)C(F)(F)C(F)(F)C(F)(F)C(F)(F)C(F)(F)C(F)(F)F. The van der Waals surface area contributed by atoms with Crippen LogP contribution in [0.3, 0.4) is 0 Å². The number of halogens is 17. The molecule has 0 spiro atoms. The van der Waals surface area contributed by atoms with E-state index >= 15 is 0 Å². The minimum Gasteiger partial charge on any atom is -0.275 e. The van der Waals surface area contributed by atoms with Crippen molar-refractivity contribution < 1.29 is 84.2 Å². The smallest absolute Gasteiger partial charge is 0.275 e. The van der Waals surface area contributed by atoms with Crippen molar-refractivity contribution in [1.82, 2.24) is 4.90 Å². The molecule has 1 rings (SSSR count). The number of hydrogen-bond donors (Lipinski definition) is 0. The summed E-state index contributed by atoms with van der Waals surface area (Å²) < 4.78 is 223. The molecule has 3 nitrogen and oxygen atoms in total. The molecule has 20 heteroatoms. The molecule has 2 amide bonds. The van der Waals surface area contributed by atoms with E-state index in [1.807, 2.05) is 0 Å². The third-order valence-corrected chi connectivity index (χ3v) is 4.81. The number of nitrogens with zero attached hydrogens (tertiary/aromatic N) is 1. The van der Waals surface area contributed by atoms with E-state index in [2.05, 4.69) is 0 Å². The van der Waals surface area contributed by atoms with Crippen molar-refractivity contribution in [3.05, 3.63) is 12.2 Å². The maximum absolute atomic E-state index is 13.7.